The molecule has 0 aromatic rings. The number of phosphoric ester groups is 1. The summed E-state index contributed by atoms with van der Waals surface area (Å²) in [4.78, 5) is 23.5. The number of carbonyl (C=O) groups excluding carboxylic acids is 1. The number of carbonyl (C=O) groups is 1. The molecule has 8 atom stereocenters. The molecule has 1 aliphatic carbocycles. The van der Waals surface area contributed by atoms with Gasteiger partial charge in [-0.1, -0.05) is 219 Å². The maximum Gasteiger partial charge on any atom is 0.472 e. The number of hydrogen-bond acceptors (Lipinski definition) is 11. The van der Waals surface area contributed by atoms with Gasteiger partial charge in [-0.25, -0.2) is 4.57 Å². The van der Waals surface area contributed by atoms with E-state index in [-0.39, 0.29) is 12.8 Å². The number of unbranched alkanes of at least 4 members (excludes halogenated alkanes) is 31. The van der Waals surface area contributed by atoms with Crippen LogP contribution in [-0.4, -0.2) is 108 Å². The molecule has 62 heavy (non-hydrogen) atoms. The van der Waals surface area contributed by atoms with Crippen LogP contribution in [0.25, 0.3) is 0 Å². The van der Waals surface area contributed by atoms with E-state index in [4.69, 9.17) is 9.05 Å². The Morgan fingerprint density at radius 3 is 1.16 bits per heavy atom. The molecule has 1 aliphatic rings. The summed E-state index contributed by atoms with van der Waals surface area (Å²) in [6.45, 7) is 3.72. The molecule has 0 spiro atoms. The molecule has 1 rings (SSSR count). The zero-order chi connectivity index (χ0) is 45.9. The SMILES string of the molecule is CCCCCCCCCCCCCCCCCCCCCCCC(=O)NC(COP(=O)(O)OC1C(O)C(O)C(O)C(O)C1O)C(O)C(O)CCCCCCCCCCCCCC. The van der Waals surface area contributed by atoms with Crippen molar-refractivity contribution in [3.63, 3.8) is 0 Å². The van der Waals surface area contributed by atoms with E-state index in [2.05, 4.69) is 19.2 Å². The van der Waals surface area contributed by atoms with Gasteiger partial charge in [-0.2, -0.15) is 0 Å². The Bertz CT molecular complexity index is 1070. The topological polar surface area (TPSA) is 226 Å². The molecule has 1 saturated carbocycles. The zero-order valence-corrected chi connectivity index (χ0v) is 40.2. The van der Waals surface area contributed by atoms with Crippen molar-refractivity contribution >= 4 is 13.7 Å². The van der Waals surface area contributed by atoms with Gasteiger partial charge < -0.3 is 46.0 Å². The largest absolute Gasteiger partial charge is 0.472 e. The lowest BCUT2D eigenvalue weighted by Crippen LogP contribution is -2.64. The fraction of sp³-hybridized carbons (Fsp3) is 0.979. The van der Waals surface area contributed by atoms with E-state index in [0.29, 0.717) is 12.8 Å². The number of phosphoric acid groups is 1. The predicted molar refractivity (Wildman–Crippen MR) is 248 cm³/mol. The van der Waals surface area contributed by atoms with Crippen molar-refractivity contribution in [3.05, 3.63) is 0 Å². The van der Waals surface area contributed by atoms with Crippen LogP contribution in [0.4, 0.5) is 0 Å². The van der Waals surface area contributed by atoms with Gasteiger partial charge in [-0.3, -0.25) is 13.8 Å². The summed E-state index contributed by atoms with van der Waals surface area (Å²) in [5.41, 5.74) is 0. The standard InChI is InChI=1S/C48H96NO12P/c1-3-5-7-9-11-13-15-17-18-19-20-21-22-23-24-25-27-29-31-33-35-37-41(51)49-39(38-60-62(58,59)61-48-46(56)44(54)43(53)45(55)47(48)57)42(52)40(50)36-34-32-30-28-26-16-14-12-10-8-6-4-2/h39-40,42-48,50,52-57H,3-38H2,1-2H3,(H,49,51)(H,58,59). The first-order valence-corrected chi connectivity index (χ1v) is 27.1. The Kier molecular flexibility index (Phi) is 36.7. The second kappa shape index (κ2) is 38.4. The Morgan fingerprint density at radius 1 is 0.500 bits per heavy atom. The first-order chi connectivity index (χ1) is 29.9. The molecule has 0 aliphatic heterocycles. The molecule has 1 fully saturated rings. The van der Waals surface area contributed by atoms with Crippen LogP contribution in [0.1, 0.15) is 239 Å². The number of aliphatic hydroxyl groups excluding tert-OH is 7. The number of aliphatic hydroxyl groups is 7. The Morgan fingerprint density at radius 2 is 0.806 bits per heavy atom. The van der Waals surface area contributed by atoms with Gasteiger partial charge in [0.2, 0.25) is 5.91 Å². The number of amides is 1. The summed E-state index contributed by atoms with van der Waals surface area (Å²) < 4.78 is 22.9. The minimum Gasteiger partial charge on any atom is -0.390 e. The first-order valence-electron chi connectivity index (χ1n) is 25.6. The second-order valence-electron chi connectivity index (χ2n) is 18.5. The van der Waals surface area contributed by atoms with Crippen LogP contribution in [0.5, 0.6) is 0 Å². The summed E-state index contributed by atoms with van der Waals surface area (Å²) in [5, 5.41) is 75.0. The molecule has 0 aromatic carbocycles. The highest BCUT2D eigenvalue weighted by atomic mass is 31.2. The molecule has 13 nitrogen and oxygen atoms in total. The highest BCUT2D eigenvalue weighted by Crippen LogP contribution is 2.47. The monoisotopic (exact) mass is 910 g/mol. The van der Waals surface area contributed by atoms with Crippen LogP contribution in [-0.2, 0) is 18.4 Å². The lowest BCUT2D eigenvalue weighted by Gasteiger charge is -2.41. The van der Waals surface area contributed by atoms with Crippen molar-refractivity contribution in [1.29, 1.82) is 0 Å². The normalized spacial score (nSPS) is 22.9. The zero-order valence-electron chi connectivity index (χ0n) is 39.3. The summed E-state index contributed by atoms with van der Waals surface area (Å²) in [6.07, 6.45) is 25.7. The van der Waals surface area contributed by atoms with E-state index in [9.17, 15) is 50.0 Å². The first kappa shape index (κ1) is 59.3. The molecule has 370 valence electrons. The predicted octanol–water partition coefficient (Wildman–Crippen LogP) is 9.21. The van der Waals surface area contributed by atoms with E-state index >= 15 is 0 Å². The van der Waals surface area contributed by atoms with Crippen molar-refractivity contribution in [2.45, 2.75) is 293 Å². The van der Waals surface area contributed by atoms with Gasteiger partial charge in [0, 0.05) is 6.42 Å². The molecule has 9 N–H and O–H groups in total. The van der Waals surface area contributed by atoms with E-state index < -0.39 is 75.2 Å². The molecular formula is C48H96NO12P. The van der Waals surface area contributed by atoms with Gasteiger partial charge in [0.25, 0.3) is 0 Å². The van der Waals surface area contributed by atoms with Gasteiger partial charge in [0.05, 0.1) is 18.8 Å². The number of rotatable bonds is 43. The molecule has 14 heteroatoms. The van der Waals surface area contributed by atoms with E-state index in [1.807, 2.05) is 0 Å². The molecule has 8 unspecified atom stereocenters. The molecule has 0 radical (unpaired) electrons. The molecule has 1 amide bonds. The Labute approximate surface area is 377 Å². The molecule has 0 heterocycles. The van der Waals surface area contributed by atoms with Gasteiger partial charge in [0.1, 0.15) is 42.7 Å². The smallest absolute Gasteiger partial charge is 0.390 e. The van der Waals surface area contributed by atoms with Crippen LogP contribution in [0.3, 0.4) is 0 Å². The van der Waals surface area contributed by atoms with Crippen LogP contribution in [0.2, 0.25) is 0 Å². The second-order valence-corrected chi connectivity index (χ2v) is 19.9. The summed E-state index contributed by atoms with van der Waals surface area (Å²) in [7, 11) is -5.15. The van der Waals surface area contributed by atoms with Crippen molar-refractivity contribution in [3.8, 4) is 0 Å². The van der Waals surface area contributed by atoms with Crippen LogP contribution in [0, 0.1) is 0 Å². The lowest BCUT2D eigenvalue weighted by molar-refractivity contribution is -0.220. The quantitative estimate of drug-likeness (QED) is 0.0206. The minimum absolute atomic E-state index is 0.156. The maximum absolute atomic E-state index is 13.0. The average Bonchev–Trinajstić information content (AvgIpc) is 3.25. The Hall–Kier alpha value is -0.700. The van der Waals surface area contributed by atoms with Crippen molar-refractivity contribution in [2.24, 2.45) is 0 Å². The highest BCUT2D eigenvalue weighted by molar-refractivity contribution is 7.47. The van der Waals surface area contributed by atoms with Crippen LogP contribution >= 0.6 is 7.82 Å². The molecular weight excluding hydrogens is 813 g/mol. The average molecular weight is 910 g/mol. The number of nitrogens with one attached hydrogen (secondary N) is 1. The van der Waals surface area contributed by atoms with Gasteiger partial charge >= 0.3 is 7.82 Å². The van der Waals surface area contributed by atoms with Gasteiger partial charge in [-0.15, -0.1) is 0 Å². The molecule has 0 aromatic heterocycles. The van der Waals surface area contributed by atoms with Gasteiger partial charge in [0.15, 0.2) is 0 Å². The third kappa shape index (κ3) is 29.0. The molecule has 0 saturated heterocycles. The lowest BCUT2D eigenvalue weighted by atomic mass is 9.85. The Balaban J connectivity index is 2.43. The summed E-state index contributed by atoms with van der Waals surface area (Å²) >= 11 is 0. The van der Waals surface area contributed by atoms with E-state index in [1.165, 1.54) is 161 Å². The van der Waals surface area contributed by atoms with Crippen LogP contribution < -0.4 is 5.32 Å². The fourth-order valence-corrected chi connectivity index (χ4v) is 9.50. The van der Waals surface area contributed by atoms with Crippen molar-refractivity contribution < 1.29 is 59.0 Å². The van der Waals surface area contributed by atoms with Crippen molar-refractivity contribution in [2.75, 3.05) is 6.61 Å². The third-order valence-corrected chi connectivity index (χ3v) is 13.7. The van der Waals surface area contributed by atoms with E-state index in [1.54, 1.807) is 0 Å². The number of hydrogen-bond donors (Lipinski definition) is 9. The maximum atomic E-state index is 13.0. The summed E-state index contributed by atoms with van der Waals surface area (Å²) in [6, 6.07) is -1.30. The highest BCUT2D eigenvalue weighted by Gasteiger charge is 2.51. The van der Waals surface area contributed by atoms with Gasteiger partial charge in [-0.05, 0) is 12.8 Å². The summed E-state index contributed by atoms with van der Waals surface area (Å²) in [5.74, 6) is -0.417. The fourth-order valence-electron chi connectivity index (χ4n) is 8.54. The van der Waals surface area contributed by atoms with Crippen LogP contribution in [0.15, 0.2) is 0 Å². The minimum atomic E-state index is -5.15. The third-order valence-electron chi connectivity index (χ3n) is 12.8. The molecule has 0 bridgehead atoms. The van der Waals surface area contributed by atoms with Crippen molar-refractivity contribution in [1.82, 2.24) is 5.32 Å². The van der Waals surface area contributed by atoms with E-state index in [0.717, 1.165) is 38.5 Å².